The zero-order chi connectivity index (χ0) is 17.0. The van der Waals surface area contributed by atoms with E-state index in [4.69, 9.17) is 0 Å². The van der Waals surface area contributed by atoms with E-state index >= 15 is 0 Å². The van der Waals surface area contributed by atoms with Crippen molar-refractivity contribution in [1.82, 2.24) is 15.3 Å². The standard InChI is InChI=1S/C15H14F3N3O2/c1-9-19-7-6-12(21-9)14(23)20-8-13(22)10-4-2-3-5-11(10)15(16,17)18/h2-7,13,22H,8H2,1H3,(H,20,23)/t13-/m1/s1. The predicted molar refractivity (Wildman–Crippen MR) is 75.5 cm³/mol. The molecule has 0 saturated carbocycles. The van der Waals surface area contributed by atoms with Crippen molar-refractivity contribution in [2.24, 2.45) is 0 Å². The minimum atomic E-state index is -4.58. The number of hydrogen-bond donors (Lipinski definition) is 2. The fraction of sp³-hybridized carbons (Fsp3) is 0.267. The van der Waals surface area contributed by atoms with Crippen LogP contribution in [0.1, 0.15) is 33.5 Å². The normalized spacial score (nSPS) is 12.7. The fourth-order valence-corrected chi connectivity index (χ4v) is 2.02. The van der Waals surface area contributed by atoms with Gasteiger partial charge in [0.1, 0.15) is 11.5 Å². The summed E-state index contributed by atoms with van der Waals surface area (Å²) in [6.07, 6.45) is -4.67. The molecule has 0 aliphatic rings. The van der Waals surface area contributed by atoms with Crippen LogP contribution in [0.5, 0.6) is 0 Å². The highest BCUT2D eigenvalue weighted by atomic mass is 19.4. The molecular weight excluding hydrogens is 311 g/mol. The minimum Gasteiger partial charge on any atom is -0.387 e. The van der Waals surface area contributed by atoms with Gasteiger partial charge in [-0.05, 0) is 24.6 Å². The number of carbonyl (C=O) groups excluding carboxylic acids is 1. The molecule has 0 unspecified atom stereocenters. The largest absolute Gasteiger partial charge is 0.416 e. The number of amides is 1. The highest BCUT2D eigenvalue weighted by Gasteiger charge is 2.34. The Morgan fingerprint density at radius 2 is 2.00 bits per heavy atom. The quantitative estimate of drug-likeness (QED) is 0.904. The van der Waals surface area contributed by atoms with Gasteiger partial charge in [-0.1, -0.05) is 18.2 Å². The second-order valence-electron chi connectivity index (χ2n) is 4.80. The molecular formula is C15H14F3N3O2. The first kappa shape index (κ1) is 16.9. The average molecular weight is 325 g/mol. The van der Waals surface area contributed by atoms with Crippen LogP contribution in [0.25, 0.3) is 0 Å². The SMILES string of the molecule is Cc1nccc(C(=O)NC[C@@H](O)c2ccccc2C(F)(F)F)n1. The third-order valence-corrected chi connectivity index (χ3v) is 3.09. The second kappa shape index (κ2) is 6.74. The van der Waals surface area contributed by atoms with Crippen molar-refractivity contribution in [3.8, 4) is 0 Å². The van der Waals surface area contributed by atoms with E-state index in [1.807, 2.05) is 0 Å². The van der Waals surface area contributed by atoms with Gasteiger partial charge in [-0.15, -0.1) is 0 Å². The van der Waals surface area contributed by atoms with E-state index in [0.29, 0.717) is 5.82 Å². The van der Waals surface area contributed by atoms with Crippen molar-refractivity contribution >= 4 is 5.91 Å². The molecule has 0 spiro atoms. The lowest BCUT2D eigenvalue weighted by Gasteiger charge is -2.17. The molecule has 5 nitrogen and oxygen atoms in total. The number of rotatable bonds is 4. The van der Waals surface area contributed by atoms with Gasteiger partial charge in [0, 0.05) is 12.7 Å². The van der Waals surface area contributed by atoms with Crippen molar-refractivity contribution < 1.29 is 23.1 Å². The van der Waals surface area contributed by atoms with E-state index < -0.39 is 23.8 Å². The van der Waals surface area contributed by atoms with Gasteiger partial charge in [0.2, 0.25) is 0 Å². The number of aromatic nitrogens is 2. The lowest BCUT2D eigenvalue weighted by atomic mass is 10.0. The molecule has 0 aliphatic heterocycles. The first-order valence-electron chi connectivity index (χ1n) is 6.71. The van der Waals surface area contributed by atoms with Gasteiger partial charge in [0.05, 0.1) is 11.7 Å². The molecule has 0 fully saturated rings. The summed E-state index contributed by atoms with van der Waals surface area (Å²) in [5, 5.41) is 12.3. The van der Waals surface area contributed by atoms with Gasteiger partial charge < -0.3 is 10.4 Å². The molecule has 1 heterocycles. The summed E-state index contributed by atoms with van der Waals surface area (Å²) < 4.78 is 38.7. The van der Waals surface area contributed by atoms with Gasteiger partial charge in [0.25, 0.3) is 5.91 Å². The Kier molecular flexibility index (Phi) is 4.95. The summed E-state index contributed by atoms with van der Waals surface area (Å²) >= 11 is 0. The Morgan fingerprint density at radius 1 is 1.30 bits per heavy atom. The third kappa shape index (κ3) is 4.26. The smallest absolute Gasteiger partial charge is 0.387 e. The van der Waals surface area contributed by atoms with Crippen LogP contribution in [0, 0.1) is 6.92 Å². The molecule has 1 atom stereocenters. The molecule has 1 aromatic heterocycles. The number of benzene rings is 1. The van der Waals surface area contributed by atoms with Gasteiger partial charge in [0.15, 0.2) is 0 Å². The zero-order valence-electron chi connectivity index (χ0n) is 12.1. The number of aliphatic hydroxyl groups is 1. The summed E-state index contributed by atoms with van der Waals surface area (Å²) in [5.74, 6) is -0.209. The van der Waals surface area contributed by atoms with Gasteiger partial charge in [-0.2, -0.15) is 13.2 Å². The molecule has 8 heteroatoms. The second-order valence-corrected chi connectivity index (χ2v) is 4.80. The summed E-state index contributed by atoms with van der Waals surface area (Å²) in [6.45, 7) is 1.24. The first-order chi connectivity index (χ1) is 10.8. The number of halogens is 3. The molecule has 2 rings (SSSR count). The Balaban J connectivity index is 2.09. The van der Waals surface area contributed by atoms with Gasteiger partial charge in [-0.25, -0.2) is 9.97 Å². The number of alkyl halides is 3. The summed E-state index contributed by atoms with van der Waals surface area (Å²) in [7, 11) is 0. The van der Waals surface area contributed by atoms with Crippen LogP contribution in [0.15, 0.2) is 36.5 Å². The van der Waals surface area contributed by atoms with Crippen molar-refractivity contribution in [3.63, 3.8) is 0 Å². The summed E-state index contributed by atoms with van der Waals surface area (Å²) in [5.41, 5.74) is -1.15. The number of carbonyl (C=O) groups is 1. The van der Waals surface area contributed by atoms with Crippen LogP contribution in [0.2, 0.25) is 0 Å². The van der Waals surface area contributed by atoms with E-state index in [9.17, 15) is 23.1 Å². The molecule has 23 heavy (non-hydrogen) atoms. The van der Waals surface area contributed by atoms with Crippen LogP contribution in [-0.2, 0) is 6.18 Å². The molecule has 122 valence electrons. The molecule has 1 amide bonds. The summed E-state index contributed by atoms with van der Waals surface area (Å²) in [4.78, 5) is 19.6. The highest BCUT2D eigenvalue weighted by molar-refractivity contribution is 5.92. The first-order valence-corrected chi connectivity index (χ1v) is 6.71. The molecule has 2 N–H and O–H groups in total. The number of nitrogens with one attached hydrogen (secondary N) is 1. The molecule has 2 aromatic rings. The van der Waals surface area contributed by atoms with Gasteiger partial charge >= 0.3 is 6.18 Å². The van der Waals surface area contributed by atoms with Crippen LogP contribution < -0.4 is 5.32 Å². The fourth-order valence-electron chi connectivity index (χ4n) is 2.02. The van der Waals surface area contributed by atoms with E-state index in [-0.39, 0.29) is 17.8 Å². The topological polar surface area (TPSA) is 75.1 Å². The Bertz CT molecular complexity index is 704. The number of hydrogen-bond acceptors (Lipinski definition) is 4. The van der Waals surface area contributed by atoms with Crippen molar-refractivity contribution in [2.45, 2.75) is 19.2 Å². The molecule has 0 aliphatic carbocycles. The maximum atomic E-state index is 12.9. The number of aryl methyl sites for hydroxylation is 1. The summed E-state index contributed by atoms with van der Waals surface area (Å²) in [6, 6.07) is 6.06. The Morgan fingerprint density at radius 3 is 2.65 bits per heavy atom. The van der Waals surface area contributed by atoms with E-state index in [1.54, 1.807) is 6.92 Å². The average Bonchev–Trinajstić information content (AvgIpc) is 2.51. The van der Waals surface area contributed by atoms with Crippen LogP contribution in [0.3, 0.4) is 0 Å². The van der Waals surface area contributed by atoms with E-state index in [0.717, 1.165) is 6.07 Å². The minimum absolute atomic E-state index is 0.0776. The van der Waals surface area contributed by atoms with Crippen LogP contribution >= 0.6 is 0 Å². The van der Waals surface area contributed by atoms with E-state index in [1.165, 1.54) is 30.5 Å². The number of nitrogens with zero attached hydrogens (tertiary/aromatic N) is 2. The Labute approximate surface area is 130 Å². The van der Waals surface area contributed by atoms with Crippen molar-refractivity contribution in [1.29, 1.82) is 0 Å². The highest BCUT2D eigenvalue weighted by Crippen LogP contribution is 2.34. The monoisotopic (exact) mass is 325 g/mol. The van der Waals surface area contributed by atoms with Crippen molar-refractivity contribution in [3.05, 3.63) is 59.2 Å². The van der Waals surface area contributed by atoms with Crippen molar-refractivity contribution in [2.75, 3.05) is 6.54 Å². The number of aliphatic hydroxyl groups excluding tert-OH is 1. The Hall–Kier alpha value is -2.48. The van der Waals surface area contributed by atoms with E-state index in [2.05, 4.69) is 15.3 Å². The van der Waals surface area contributed by atoms with Gasteiger partial charge in [-0.3, -0.25) is 4.79 Å². The molecule has 0 saturated heterocycles. The lowest BCUT2D eigenvalue weighted by molar-refractivity contribution is -0.139. The molecule has 0 radical (unpaired) electrons. The maximum Gasteiger partial charge on any atom is 0.416 e. The van der Waals surface area contributed by atoms with Crippen LogP contribution in [0.4, 0.5) is 13.2 Å². The molecule has 0 bridgehead atoms. The maximum absolute atomic E-state index is 12.9. The zero-order valence-corrected chi connectivity index (χ0v) is 12.1. The predicted octanol–water partition coefficient (Wildman–Crippen LogP) is 2.27. The van der Waals surface area contributed by atoms with Crippen LogP contribution in [-0.4, -0.2) is 27.5 Å². The molecule has 1 aromatic carbocycles. The third-order valence-electron chi connectivity index (χ3n) is 3.09. The lowest BCUT2D eigenvalue weighted by Crippen LogP contribution is -2.30.